The van der Waals surface area contributed by atoms with Gasteiger partial charge < -0.3 is 4.74 Å². The number of carbonyl (C=O) groups is 1. The second-order valence-electron chi connectivity index (χ2n) is 3.12. The molecule has 0 saturated heterocycles. The molecule has 76 valence electrons. The van der Waals surface area contributed by atoms with Gasteiger partial charge in [0.05, 0.1) is 6.26 Å². The first-order valence-corrected chi connectivity index (χ1v) is 5.75. The Morgan fingerprint density at radius 2 is 2.00 bits per heavy atom. The molecule has 1 unspecified atom stereocenters. The van der Waals surface area contributed by atoms with E-state index in [1.165, 1.54) is 6.92 Å². The molecule has 1 rings (SSSR count). The van der Waals surface area contributed by atoms with Gasteiger partial charge in [0, 0.05) is 12.8 Å². The van der Waals surface area contributed by atoms with Gasteiger partial charge in [0.1, 0.15) is 0 Å². The van der Waals surface area contributed by atoms with Crippen LogP contribution in [-0.2, 0) is 23.8 Å². The first-order chi connectivity index (χ1) is 5.88. The van der Waals surface area contributed by atoms with E-state index in [2.05, 4.69) is 4.18 Å². The van der Waals surface area contributed by atoms with E-state index in [1.807, 2.05) is 0 Å². The molecule has 1 aliphatic rings. The molecule has 0 amide bonds. The van der Waals surface area contributed by atoms with Gasteiger partial charge in [-0.25, -0.2) is 4.18 Å². The molecule has 0 aromatic heterocycles. The van der Waals surface area contributed by atoms with E-state index in [4.69, 9.17) is 4.74 Å². The van der Waals surface area contributed by atoms with Gasteiger partial charge in [0.2, 0.25) is 6.29 Å². The fraction of sp³-hybridized carbons (Fsp3) is 0.857. The maximum Gasteiger partial charge on any atom is 0.304 e. The number of hydrogen-bond donors (Lipinski definition) is 0. The Bertz CT molecular complexity index is 290. The Labute approximate surface area is 77.1 Å². The van der Waals surface area contributed by atoms with Crippen LogP contribution in [0.5, 0.6) is 0 Å². The highest BCUT2D eigenvalue weighted by Crippen LogP contribution is 2.35. The summed E-state index contributed by atoms with van der Waals surface area (Å²) >= 11 is 0. The van der Waals surface area contributed by atoms with Crippen molar-refractivity contribution >= 4 is 16.1 Å². The normalized spacial score (nSPS) is 19.5. The number of hydrogen-bond acceptors (Lipinski definition) is 5. The van der Waals surface area contributed by atoms with Crippen molar-refractivity contribution < 1.29 is 22.1 Å². The van der Waals surface area contributed by atoms with Crippen LogP contribution in [0.4, 0.5) is 0 Å². The minimum Gasteiger partial charge on any atom is -0.434 e. The molecular formula is C7H12O5S. The van der Waals surface area contributed by atoms with Gasteiger partial charge in [-0.3, -0.25) is 4.79 Å². The molecule has 1 atom stereocenters. The summed E-state index contributed by atoms with van der Waals surface area (Å²) in [5.74, 6) is -0.487. The van der Waals surface area contributed by atoms with Crippen LogP contribution in [0.3, 0.4) is 0 Å². The molecule has 13 heavy (non-hydrogen) atoms. The first kappa shape index (κ1) is 10.5. The molecule has 1 aliphatic carbocycles. The van der Waals surface area contributed by atoms with Gasteiger partial charge in [0.25, 0.3) is 10.1 Å². The summed E-state index contributed by atoms with van der Waals surface area (Å²) in [7, 11) is -3.55. The molecule has 5 nitrogen and oxygen atoms in total. The average Bonchev–Trinajstić information content (AvgIpc) is 2.60. The van der Waals surface area contributed by atoms with Gasteiger partial charge in [-0.15, -0.1) is 0 Å². The van der Waals surface area contributed by atoms with Crippen molar-refractivity contribution in [2.75, 3.05) is 6.26 Å². The fourth-order valence-electron chi connectivity index (χ4n) is 0.899. The monoisotopic (exact) mass is 208 g/mol. The predicted molar refractivity (Wildman–Crippen MR) is 44.2 cm³/mol. The summed E-state index contributed by atoms with van der Waals surface area (Å²) in [6, 6.07) is 0. The average molecular weight is 208 g/mol. The molecule has 0 N–H and O–H groups in total. The fourth-order valence-corrected chi connectivity index (χ4v) is 1.44. The molecular weight excluding hydrogens is 196 g/mol. The summed E-state index contributed by atoms with van der Waals surface area (Å²) in [6.07, 6.45) is 1.69. The topological polar surface area (TPSA) is 69.7 Å². The third kappa shape index (κ3) is 4.23. The minimum atomic E-state index is -3.55. The third-order valence-electron chi connectivity index (χ3n) is 1.56. The van der Waals surface area contributed by atoms with Gasteiger partial charge in [-0.1, -0.05) is 0 Å². The summed E-state index contributed by atoms with van der Waals surface area (Å²) in [6.45, 7) is 1.22. The number of rotatable bonds is 4. The lowest BCUT2D eigenvalue weighted by Gasteiger charge is -2.14. The molecule has 0 aromatic rings. The molecule has 0 spiro atoms. The van der Waals surface area contributed by atoms with Crippen molar-refractivity contribution in [3.8, 4) is 0 Å². The van der Waals surface area contributed by atoms with Crippen molar-refractivity contribution in [1.82, 2.24) is 0 Å². The van der Waals surface area contributed by atoms with Crippen LogP contribution in [-0.4, -0.2) is 26.9 Å². The largest absolute Gasteiger partial charge is 0.434 e. The van der Waals surface area contributed by atoms with E-state index in [-0.39, 0.29) is 5.92 Å². The predicted octanol–water partition coefficient (Wildman–Crippen LogP) is 0.262. The van der Waals surface area contributed by atoms with Crippen molar-refractivity contribution in [2.45, 2.75) is 26.1 Å². The van der Waals surface area contributed by atoms with Crippen molar-refractivity contribution in [3.63, 3.8) is 0 Å². The second-order valence-corrected chi connectivity index (χ2v) is 4.72. The van der Waals surface area contributed by atoms with E-state index >= 15 is 0 Å². The summed E-state index contributed by atoms with van der Waals surface area (Å²) in [5.41, 5.74) is 0. The zero-order valence-corrected chi connectivity index (χ0v) is 8.33. The lowest BCUT2D eigenvalue weighted by atomic mass is 10.4. The SMILES string of the molecule is CC(=O)OC(OS(C)(=O)=O)C1CC1. The number of ether oxygens (including phenoxy) is 1. The van der Waals surface area contributed by atoms with Gasteiger partial charge in [-0.2, -0.15) is 8.42 Å². The standard InChI is InChI=1S/C7H12O5S/c1-5(8)11-7(6-3-4-6)12-13(2,9)10/h6-7H,3-4H2,1-2H3. The third-order valence-corrected chi connectivity index (χ3v) is 2.10. The molecule has 1 saturated carbocycles. The lowest BCUT2D eigenvalue weighted by molar-refractivity contribution is -0.162. The number of carbonyl (C=O) groups excluding carboxylic acids is 1. The van der Waals surface area contributed by atoms with Crippen LogP contribution in [0.15, 0.2) is 0 Å². The minimum absolute atomic E-state index is 0.0404. The Morgan fingerprint density at radius 3 is 2.31 bits per heavy atom. The van der Waals surface area contributed by atoms with Crippen molar-refractivity contribution in [3.05, 3.63) is 0 Å². The Kier molecular flexibility index (Phi) is 2.92. The quantitative estimate of drug-likeness (QED) is 0.376. The Morgan fingerprint density at radius 1 is 1.46 bits per heavy atom. The zero-order chi connectivity index (χ0) is 10.1. The lowest BCUT2D eigenvalue weighted by Crippen LogP contribution is -2.25. The molecule has 0 heterocycles. The van der Waals surface area contributed by atoms with Gasteiger partial charge >= 0.3 is 5.97 Å². The summed E-state index contributed by atoms with van der Waals surface area (Å²) < 4.78 is 30.8. The van der Waals surface area contributed by atoms with Crippen LogP contribution < -0.4 is 0 Å². The summed E-state index contributed by atoms with van der Waals surface area (Å²) in [5, 5.41) is 0. The number of esters is 1. The van der Waals surface area contributed by atoms with Crippen LogP contribution in [0.1, 0.15) is 19.8 Å². The van der Waals surface area contributed by atoms with Crippen molar-refractivity contribution in [1.29, 1.82) is 0 Å². The Hall–Kier alpha value is -0.620. The molecule has 0 aliphatic heterocycles. The van der Waals surface area contributed by atoms with Crippen LogP contribution >= 0.6 is 0 Å². The van der Waals surface area contributed by atoms with E-state index in [1.54, 1.807) is 0 Å². The Balaban J connectivity index is 2.52. The smallest absolute Gasteiger partial charge is 0.304 e. The van der Waals surface area contributed by atoms with Crippen LogP contribution in [0, 0.1) is 5.92 Å². The maximum atomic E-state index is 10.7. The van der Waals surface area contributed by atoms with E-state index in [0.717, 1.165) is 19.1 Å². The first-order valence-electron chi connectivity index (χ1n) is 3.94. The second kappa shape index (κ2) is 3.63. The van der Waals surface area contributed by atoms with E-state index < -0.39 is 22.4 Å². The molecule has 1 fully saturated rings. The highest BCUT2D eigenvalue weighted by atomic mass is 32.2. The molecule has 0 bridgehead atoms. The van der Waals surface area contributed by atoms with Crippen molar-refractivity contribution in [2.24, 2.45) is 5.92 Å². The molecule has 6 heteroatoms. The maximum absolute atomic E-state index is 10.7. The van der Waals surface area contributed by atoms with Crippen LogP contribution in [0.25, 0.3) is 0 Å². The zero-order valence-electron chi connectivity index (χ0n) is 7.52. The van der Waals surface area contributed by atoms with E-state index in [9.17, 15) is 13.2 Å². The van der Waals surface area contributed by atoms with Gasteiger partial charge in [-0.05, 0) is 12.8 Å². The van der Waals surface area contributed by atoms with E-state index in [0.29, 0.717) is 0 Å². The van der Waals surface area contributed by atoms with Gasteiger partial charge in [0.15, 0.2) is 0 Å². The highest BCUT2D eigenvalue weighted by molar-refractivity contribution is 7.86. The molecule has 0 radical (unpaired) electrons. The molecule has 0 aromatic carbocycles. The summed E-state index contributed by atoms with van der Waals surface area (Å²) in [4.78, 5) is 10.6. The highest BCUT2D eigenvalue weighted by Gasteiger charge is 2.36. The van der Waals surface area contributed by atoms with Crippen LogP contribution in [0.2, 0.25) is 0 Å².